The molecule has 0 unspecified atom stereocenters. The minimum atomic E-state index is -3.02. The van der Waals surface area contributed by atoms with Gasteiger partial charge in [0.15, 0.2) is 11.5 Å². The van der Waals surface area contributed by atoms with Crippen molar-refractivity contribution in [2.24, 2.45) is 5.92 Å². The fourth-order valence-electron chi connectivity index (χ4n) is 1.94. The Balaban J connectivity index is 2.92. The summed E-state index contributed by atoms with van der Waals surface area (Å²) < 4.78 is 33.7. The molecule has 2 N–H and O–H groups in total. The third kappa shape index (κ3) is 5.72. The number of rotatable bonds is 8. The molecule has 0 bridgehead atoms. The number of methoxy groups -OCH3 is 1. The highest BCUT2D eigenvalue weighted by Gasteiger charge is 2.22. The van der Waals surface area contributed by atoms with Crippen LogP contribution in [0.5, 0.6) is 11.5 Å². The van der Waals surface area contributed by atoms with Gasteiger partial charge in [0.25, 0.3) is 5.91 Å². The molecule has 0 aliphatic heterocycles. The van der Waals surface area contributed by atoms with Gasteiger partial charge in [-0.25, -0.2) is 4.79 Å². The summed E-state index contributed by atoms with van der Waals surface area (Å²) in [5.74, 6) is -1.96. The Labute approximate surface area is 132 Å². The van der Waals surface area contributed by atoms with Crippen LogP contribution in [0, 0.1) is 5.92 Å². The molecule has 0 spiro atoms. The predicted octanol–water partition coefficient (Wildman–Crippen LogP) is 2.53. The molecule has 0 heterocycles. The largest absolute Gasteiger partial charge is 0.493 e. The molecule has 128 valence electrons. The Hall–Kier alpha value is -2.38. The second-order valence-electron chi connectivity index (χ2n) is 5.24. The van der Waals surface area contributed by atoms with Gasteiger partial charge in [-0.2, -0.15) is 8.78 Å². The number of alkyl halides is 2. The maximum Gasteiger partial charge on any atom is 0.387 e. The molecule has 0 radical (unpaired) electrons. The second kappa shape index (κ2) is 8.30. The molecule has 0 aromatic heterocycles. The summed E-state index contributed by atoms with van der Waals surface area (Å²) in [6.07, 6.45) is 0.269. The van der Waals surface area contributed by atoms with Crippen LogP contribution < -0.4 is 14.8 Å². The molecule has 0 aliphatic carbocycles. The highest BCUT2D eigenvalue weighted by Crippen LogP contribution is 2.29. The molecule has 0 saturated heterocycles. The van der Waals surface area contributed by atoms with Gasteiger partial charge < -0.3 is 19.9 Å². The van der Waals surface area contributed by atoms with E-state index in [1.165, 1.54) is 19.2 Å². The molecule has 0 aliphatic rings. The number of carboxylic acid groups (broad SMARTS) is 1. The number of carbonyl (C=O) groups excluding carboxylic acids is 1. The van der Waals surface area contributed by atoms with Gasteiger partial charge in [-0.1, -0.05) is 13.8 Å². The number of hydrogen-bond acceptors (Lipinski definition) is 4. The number of halogens is 2. The van der Waals surface area contributed by atoms with Crippen LogP contribution >= 0.6 is 0 Å². The maximum atomic E-state index is 12.3. The van der Waals surface area contributed by atoms with E-state index in [-0.39, 0.29) is 29.4 Å². The number of carboxylic acids is 1. The number of nitrogens with one attached hydrogen (secondary N) is 1. The van der Waals surface area contributed by atoms with Gasteiger partial charge in [-0.05, 0) is 30.5 Å². The third-order valence-electron chi connectivity index (χ3n) is 2.95. The molecule has 1 amide bonds. The molecule has 1 rings (SSSR count). The molecule has 0 saturated carbocycles. The van der Waals surface area contributed by atoms with Crippen molar-refractivity contribution in [3.8, 4) is 11.5 Å². The lowest BCUT2D eigenvalue weighted by Crippen LogP contribution is -2.41. The Morgan fingerprint density at radius 2 is 1.91 bits per heavy atom. The van der Waals surface area contributed by atoms with Crippen molar-refractivity contribution < 1.29 is 33.0 Å². The number of carbonyl (C=O) groups is 2. The number of ether oxygens (including phenoxy) is 2. The van der Waals surface area contributed by atoms with E-state index >= 15 is 0 Å². The van der Waals surface area contributed by atoms with Crippen molar-refractivity contribution in [2.75, 3.05) is 7.11 Å². The minimum Gasteiger partial charge on any atom is -0.493 e. The molecule has 8 heteroatoms. The van der Waals surface area contributed by atoms with Crippen LogP contribution in [0.4, 0.5) is 8.78 Å². The van der Waals surface area contributed by atoms with Gasteiger partial charge in [0.1, 0.15) is 6.04 Å². The van der Waals surface area contributed by atoms with E-state index in [1.54, 1.807) is 0 Å². The SMILES string of the molecule is COc1cc(C(=O)N[C@H](CC(C)C)C(=O)O)ccc1OC(F)F. The van der Waals surface area contributed by atoms with E-state index in [2.05, 4.69) is 10.1 Å². The van der Waals surface area contributed by atoms with E-state index in [0.717, 1.165) is 6.07 Å². The molecular weight excluding hydrogens is 312 g/mol. The van der Waals surface area contributed by atoms with Gasteiger partial charge in [-0.15, -0.1) is 0 Å². The van der Waals surface area contributed by atoms with Gasteiger partial charge in [-0.3, -0.25) is 4.79 Å². The minimum absolute atomic E-state index is 0.0475. The summed E-state index contributed by atoms with van der Waals surface area (Å²) in [6.45, 7) is 0.648. The lowest BCUT2D eigenvalue weighted by Gasteiger charge is -2.17. The highest BCUT2D eigenvalue weighted by atomic mass is 19.3. The van der Waals surface area contributed by atoms with Crippen LogP contribution in [0.25, 0.3) is 0 Å². The Kier molecular flexibility index (Phi) is 6.74. The first-order chi connectivity index (χ1) is 10.7. The topological polar surface area (TPSA) is 84.9 Å². The zero-order chi connectivity index (χ0) is 17.6. The van der Waals surface area contributed by atoms with E-state index < -0.39 is 24.5 Å². The van der Waals surface area contributed by atoms with Crippen molar-refractivity contribution in [1.29, 1.82) is 0 Å². The van der Waals surface area contributed by atoms with E-state index in [1.807, 2.05) is 13.8 Å². The first-order valence-electron chi connectivity index (χ1n) is 6.91. The molecule has 1 aromatic carbocycles. The molecule has 23 heavy (non-hydrogen) atoms. The van der Waals surface area contributed by atoms with Crippen LogP contribution in [-0.2, 0) is 4.79 Å². The summed E-state index contributed by atoms with van der Waals surface area (Å²) in [4.78, 5) is 23.3. The normalized spacial score (nSPS) is 12.1. The van der Waals surface area contributed by atoms with Crippen molar-refractivity contribution in [3.05, 3.63) is 23.8 Å². The van der Waals surface area contributed by atoms with Gasteiger partial charge >= 0.3 is 12.6 Å². The average Bonchev–Trinajstić information content (AvgIpc) is 2.45. The zero-order valence-electron chi connectivity index (χ0n) is 13.0. The van der Waals surface area contributed by atoms with Crippen LogP contribution in [0.1, 0.15) is 30.6 Å². The Bertz CT molecular complexity index is 563. The number of benzene rings is 1. The molecule has 1 aromatic rings. The maximum absolute atomic E-state index is 12.3. The average molecular weight is 331 g/mol. The fourth-order valence-corrected chi connectivity index (χ4v) is 1.94. The number of aliphatic carboxylic acids is 1. The van der Waals surface area contributed by atoms with Crippen LogP contribution in [-0.4, -0.2) is 36.7 Å². The summed E-state index contributed by atoms with van der Waals surface area (Å²) >= 11 is 0. The predicted molar refractivity (Wildman–Crippen MR) is 78.0 cm³/mol. The summed E-state index contributed by atoms with van der Waals surface area (Å²) in [6, 6.07) is 2.59. The van der Waals surface area contributed by atoms with E-state index in [0.29, 0.717) is 0 Å². The standard InChI is InChI=1S/C15H19F2NO5/c1-8(2)6-10(14(20)21)18-13(19)9-4-5-11(23-15(16)17)12(7-9)22-3/h4-5,7-8,10,15H,6H2,1-3H3,(H,18,19)(H,20,21)/t10-/m1/s1. The van der Waals surface area contributed by atoms with Gasteiger partial charge in [0.05, 0.1) is 7.11 Å². The Morgan fingerprint density at radius 3 is 2.39 bits per heavy atom. The highest BCUT2D eigenvalue weighted by molar-refractivity contribution is 5.97. The monoisotopic (exact) mass is 331 g/mol. The summed E-state index contributed by atoms with van der Waals surface area (Å²) in [5, 5.41) is 11.5. The first kappa shape index (κ1) is 18.7. The quantitative estimate of drug-likeness (QED) is 0.764. The molecule has 6 nitrogen and oxygen atoms in total. The van der Waals surface area contributed by atoms with Crippen LogP contribution in [0.2, 0.25) is 0 Å². The van der Waals surface area contributed by atoms with Crippen LogP contribution in [0.3, 0.4) is 0 Å². The first-order valence-corrected chi connectivity index (χ1v) is 6.91. The zero-order valence-corrected chi connectivity index (χ0v) is 13.0. The van der Waals surface area contributed by atoms with E-state index in [9.17, 15) is 18.4 Å². The number of hydrogen-bond donors (Lipinski definition) is 2. The van der Waals surface area contributed by atoms with Gasteiger partial charge in [0, 0.05) is 5.56 Å². The smallest absolute Gasteiger partial charge is 0.387 e. The lowest BCUT2D eigenvalue weighted by molar-refractivity contribution is -0.139. The van der Waals surface area contributed by atoms with Crippen molar-refractivity contribution in [3.63, 3.8) is 0 Å². The van der Waals surface area contributed by atoms with Gasteiger partial charge in [0.2, 0.25) is 0 Å². The third-order valence-corrected chi connectivity index (χ3v) is 2.95. The molecular formula is C15H19F2NO5. The van der Waals surface area contributed by atoms with Crippen molar-refractivity contribution in [1.82, 2.24) is 5.32 Å². The molecule has 0 fully saturated rings. The summed E-state index contributed by atoms with van der Waals surface area (Å²) in [7, 11) is 1.24. The fraction of sp³-hybridized carbons (Fsp3) is 0.467. The summed E-state index contributed by atoms with van der Waals surface area (Å²) in [5.41, 5.74) is 0.0819. The van der Waals surface area contributed by atoms with Crippen LogP contribution in [0.15, 0.2) is 18.2 Å². The van der Waals surface area contributed by atoms with Crippen molar-refractivity contribution in [2.45, 2.75) is 32.9 Å². The lowest BCUT2D eigenvalue weighted by atomic mass is 10.0. The number of amides is 1. The van der Waals surface area contributed by atoms with E-state index in [4.69, 9.17) is 9.84 Å². The second-order valence-corrected chi connectivity index (χ2v) is 5.24. The van der Waals surface area contributed by atoms with Crippen molar-refractivity contribution >= 4 is 11.9 Å². The Morgan fingerprint density at radius 1 is 1.26 bits per heavy atom. The molecule has 1 atom stereocenters.